The number of sulfonamides is 1. The van der Waals surface area contributed by atoms with E-state index in [1.807, 2.05) is 13.0 Å². The molecule has 0 amide bonds. The summed E-state index contributed by atoms with van der Waals surface area (Å²) >= 11 is 5.91. The summed E-state index contributed by atoms with van der Waals surface area (Å²) < 4.78 is 29.3. The van der Waals surface area contributed by atoms with Crippen LogP contribution in [0, 0.1) is 11.3 Å². The third kappa shape index (κ3) is 2.84. The van der Waals surface area contributed by atoms with E-state index in [9.17, 15) is 13.7 Å². The van der Waals surface area contributed by atoms with Crippen LogP contribution in [0.4, 0.5) is 5.69 Å². The molecule has 0 aliphatic rings. The number of aryl methyl sites for hydroxylation is 1. The van der Waals surface area contributed by atoms with Gasteiger partial charge in [0, 0.05) is 28.7 Å². The number of rotatable bonds is 5. The van der Waals surface area contributed by atoms with Crippen molar-refractivity contribution in [2.45, 2.75) is 24.8 Å². The second kappa shape index (κ2) is 6.19. The summed E-state index contributed by atoms with van der Waals surface area (Å²) in [5.41, 5.74) is 0.961. The monoisotopic (exact) mass is 363 g/mol. The molecule has 0 aliphatic heterocycles. The molecule has 3 aromatic rings. The molecule has 0 fully saturated rings. The fraction of sp³-hybridized carbons (Fsp3) is 0.200. The number of hydrogen-bond acceptors (Lipinski definition) is 4. The zero-order valence-electron chi connectivity index (χ0n) is 12.7. The molecule has 0 saturated heterocycles. The summed E-state index contributed by atoms with van der Waals surface area (Å²) in [5.74, 6) is 0. The van der Waals surface area contributed by atoms with Crippen LogP contribution in [-0.2, 0) is 16.6 Å². The third-order valence-corrected chi connectivity index (χ3v) is 5.16. The van der Waals surface area contributed by atoms with Crippen LogP contribution in [0.3, 0.4) is 0 Å². The van der Waals surface area contributed by atoms with E-state index in [-0.39, 0.29) is 16.3 Å². The number of fused-ring (bicyclic) bond motifs is 1. The zero-order chi connectivity index (χ0) is 17.3. The van der Waals surface area contributed by atoms with E-state index >= 15 is 0 Å². The van der Waals surface area contributed by atoms with Gasteiger partial charge in [0.05, 0.1) is 6.20 Å². The van der Waals surface area contributed by atoms with Crippen molar-refractivity contribution in [2.24, 2.45) is 0 Å². The van der Waals surface area contributed by atoms with Crippen molar-refractivity contribution in [1.82, 2.24) is 14.8 Å². The van der Waals surface area contributed by atoms with Crippen molar-refractivity contribution in [2.75, 3.05) is 4.72 Å². The molecule has 124 valence electrons. The van der Waals surface area contributed by atoms with Crippen LogP contribution in [0.15, 0.2) is 35.5 Å². The number of hydrogen-bond donors (Lipinski definition) is 2. The summed E-state index contributed by atoms with van der Waals surface area (Å²) in [6, 6.07) is 6.89. The number of nitriles is 1. The Bertz CT molecular complexity index is 1050. The third-order valence-electron chi connectivity index (χ3n) is 3.52. The standard InChI is InChI=1S/C15H14ClN5O2S/c1-2-5-21-14(7-17)13(8-19-21)20-24(22,23)15-9-18-12-6-10(16)3-4-11(12)15/h3-4,6,8-9,18,20H,2,5H2,1H3. The second-order valence-electron chi connectivity index (χ2n) is 5.19. The van der Waals surface area contributed by atoms with Crippen molar-refractivity contribution in [1.29, 1.82) is 5.26 Å². The van der Waals surface area contributed by atoms with E-state index in [0.717, 1.165) is 6.42 Å². The van der Waals surface area contributed by atoms with E-state index in [2.05, 4.69) is 14.8 Å². The quantitative estimate of drug-likeness (QED) is 0.726. The van der Waals surface area contributed by atoms with Crippen LogP contribution in [0.1, 0.15) is 19.0 Å². The number of aromatic nitrogens is 3. The van der Waals surface area contributed by atoms with Gasteiger partial charge in [-0.05, 0) is 24.6 Å². The molecule has 0 bridgehead atoms. The van der Waals surface area contributed by atoms with E-state index < -0.39 is 10.0 Å². The Morgan fingerprint density at radius 3 is 2.96 bits per heavy atom. The van der Waals surface area contributed by atoms with E-state index in [4.69, 9.17) is 11.6 Å². The van der Waals surface area contributed by atoms with Gasteiger partial charge in [-0.15, -0.1) is 0 Å². The molecule has 2 heterocycles. The molecule has 0 radical (unpaired) electrons. The first-order chi connectivity index (χ1) is 11.5. The topological polar surface area (TPSA) is 104 Å². The number of H-pyrrole nitrogens is 1. The number of halogens is 1. The highest BCUT2D eigenvalue weighted by atomic mass is 35.5. The first-order valence-corrected chi connectivity index (χ1v) is 9.07. The van der Waals surface area contributed by atoms with Gasteiger partial charge >= 0.3 is 0 Å². The molecular formula is C15H14ClN5O2S. The molecule has 0 spiro atoms. The Morgan fingerprint density at radius 1 is 1.46 bits per heavy atom. The maximum absolute atomic E-state index is 12.7. The smallest absolute Gasteiger partial charge is 0.264 e. The Morgan fingerprint density at radius 2 is 2.25 bits per heavy atom. The minimum Gasteiger partial charge on any atom is -0.360 e. The Hall–Kier alpha value is -2.50. The predicted molar refractivity (Wildman–Crippen MR) is 91.4 cm³/mol. The lowest BCUT2D eigenvalue weighted by atomic mass is 10.2. The summed E-state index contributed by atoms with van der Waals surface area (Å²) in [5, 5.41) is 14.4. The Kier molecular flexibility index (Phi) is 4.22. The summed E-state index contributed by atoms with van der Waals surface area (Å²) in [6.07, 6.45) is 3.52. The molecule has 9 heteroatoms. The lowest BCUT2D eigenvalue weighted by Gasteiger charge is -2.06. The maximum atomic E-state index is 12.7. The molecule has 1 aromatic carbocycles. The second-order valence-corrected chi connectivity index (χ2v) is 7.28. The lowest BCUT2D eigenvalue weighted by Crippen LogP contribution is -2.13. The van der Waals surface area contributed by atoms with Crippen molar-refractivity contribution in [3.8, 4) is 6.07 Å². The lowest BCUT2D eigenvalue weighted by molar-refractivity contribution is 0.596. The predicted octanol–water partition coefficient (Wildman–Crippen LogP) is 3.10. The normalized spacial score (nSPS) is 11.5. The van der Waals surface area contributed by atoms with Gasteiger partial charge in [0.2, 0.25) is 0 Å². The first kappa shape index (κ1) is 16.4. The van der Waals surface area contributed by atoms with Gasteiger partial charge in [-0.2, -0.15) is 10.4 Å². The van der Waals surface area contributed by atoms with E-state index in [1.165, 1.54) is 17.1 Å². The number of aromatic amines is 1. The summed E-state index contributed by atoms with van der Waals surface area (Å²) in [7, 11) is -3.87. The van der Waals surface area contributed by atoms with Gasteiger partial charge in [0.1, 0.15) is 16.7 Å². The van der Waals surface area contributed by atoms with Crippen LogP contribution in [0.5, 0.6) is 0 Å². The van der Waals surface area contributed by atoms with Crippen molar-refractivity contribution in [3.63, 3.8) is 0 Å². The zero-order valence-corrected chi connectivity index (χ0v) is 14.3. The molecule has 24 heavy (non-hydrogen) atoms. The largest absolute Gasteiger partial charge is 0.360 e. The molecule has 0 unspecified atom stereocenters. The van der Waals surface area contributed by atoms with Crippen molar-refractivity contribution >= 4 is 38.2 Å². The minimum atomic E-state index is -3.87. The van der Waals surface area contributed by atoms with Crippen LogP contribution >= 0.6 is 11.6 Å². The van der Waals surface area contributed by atoms with Gasteiger partial charge < -0.3 is 4.98 Å². The van der Waals surface area contributed by atoms with Crippen LogP contribution in [-0.4, -0.2) is 23.2 Å². The molecule has 0 aliphatic carbocycles. The average molecular weight is 364 g/mol. The van der Waals surface area contributed by atoms with Crippen LogP contribution < -0.4 is 4.72 Å². The maximum Gasteiger partial charge on any atom is 0.264 e. The van der Waals surface area contributed by atoms with Crippen molar-refractivity contribution in [3.05, 3.63) is 41.3 Å². The van der Waals surface area contributed by atoms with Gasteiger partial charge in [0.25, 0.3) is 10.0 Å². The Labute approximate surface area is 143 Å². The van der Waals surface area contributed by atoms with Gasteiger partial charge in [-0.25, -0.2) is 8.42 Å². The highest BCUT2D eigenvalue weighted by Crippen LogP contribution is 2.27. The number of nitrogens with zero attached hydrogens (tertiary/aromatic N) is 3. The number of benzene rings is 1. The first-order valence-electron chi connectivity index (χ1n) is 7.21. The molecule has 2 N–H and O–H groups in total. The molecule has 2 aromatic heterocycles. The molecule has 7 nitrogen and oxygen atoms in total. The van der Waals surface area contributed by atoms with Gasteiger partial charge in [-0.3, -0.25) is 9.40 Å². The Balaban J connectivity index is 2.01. The van der Waals surface area contributed by atoms with Crippen LogP contribution in [0.2, 0.25) is 5.02 Å². The highest BCUT2D eigenvalue weighted by Gasteiger charge is 2.22. The van der Waals surface area contributed by atoms with Gasteiger partial charge in [0.15, 0.2) is 5.69 Å². The average Bonchev–Trinajstić information content (AvgIpc) is 3.11. The van der Waals surface area contributed by atoms with Gasteiger partial charge in [-0.1, -0.05) is 18.5 Å². The molecule has 3 rings (SSSR count). The molecule has 0 atom stereocenters. The SMILES string of the molecule is CCCn1ncc(NS(=O)(=O)c2c[nH]c3cc(Cl)ccc23)c1C#N. The van der Waals surface area contributed by atoms with E-state index in [1.54, 1.807) is 18.2 Å². The number of anilines is 1. The fourth-order valence-electron chi connectivity index (χ4n) is 2.45. The minimum absolute atomic E-state index is 0.0845. The van der Waals surface area contributed by atoms with E-state index in [0.29, 0.717) is 22.5 Å². The fourth-order valence-corrected chi connectivity index (χ4v) is 3.86. The molecular weight excluding hydrogens is 350 g/mol. The molecule has 0 saturated carbocycles. The van der Waals surface area contributed by atoms with Crippen LogP contribution in [0.25, 0.3) is 10.9 Å². The summed E-state index contributed by atoms with van der Waals surface area (Å²) in [4.78, 5) is 2.97. The van der Waals surface area contributed by atoms with Crippen molar-refractivity contribution < 1.29 is 8.42 Å². The number of nitrogens with one attached hydrogen (secondary N) is 2. The summed E-state index contributed by atoms with van der Waals surface area (Å²) in [6.45, 7) is 2.49. The highest BCUT2D eigenvalue weighted by molar-refractivity contribution is 7.93.